The van der Waals surface area contributed by atoms with Gasteiger partial charge in [-0.25, -0.2) is 4.98 Å². The zero-order valence-corrected chi connectivity index (χ0v) is 15.6. The first-order valence-corrected chi connectivity index (χ1v) is 9.68. The van der Waals surface area contributed by atoms with E-state index in [-0.39, 0.29) is 6.04 Å². The Morgan fingerprint density at radius 1 is 1.00 bits per heavy atom. The summed E-state index contributed by atoms with van der Waals surface area (Å²) in [7, 11) is 0. The van der Waals surface area contributed by atoms with Crippen molar-refractivity contribution in [1.82, 2.24) is 10.3 Å². The van der Waals surface area contributed by atoms with Crippen LogP contribution in [0.5, 0.6) is 0 Å². The number of rotatable bonds is 8. The lowest BCUT2D eigenvalue weighted by Crippen LogP contribution is -2.33. The number of hydrogen-bond donors (Lipinski definition) is 3. The van der Waals surface area contributed by atoms with Gasteiger partial charge in [-0.15, -0.1) is 11.3 Å². The Bertz CT molecular complexity index is 792. The summed E-state index contributed by atoms with van der Waals surface area (Å²) in [4.78, 5) is 4.55. The molecule has 0 fully saturated rings. The predicted octanol–water partition coefficient (Wildman–Crippen LogP) is 3.95. The largest absolute Gasteiger partial charge is 0.387 e. The van der Waals surface area contributed by atoms with E-state index in [1.165, 1.54) is 11.3 Å². The van der Waals surface area contributed by atoms with Gasteiger partial charge < -0.3 is 15.5 Å². The van der Waals surface area contributed by atoms with Gasteiger partial charge in [0.05, 0.1) is 11.8 Å². The summed E-state index contributed by atoms with van der Waals surface area (Å²) in [6.45, 7) is 2.55. The highest BCUT2D eigenvalue weighted by molar-refractivity contribution is 7.10. The van der Waals surface area contributed by atoms with E-state index >= 15 is 0 Å². The van der Waals surface area contributed by atoms with Crippen LogP contribution in [0.15, 0.2) is 66.0 Å². The Kier molecular flexibility index (Phi) is 6.52. The molecular weight excluding hydrogens is 344 g/mol. The highest BCUT2D eigenvalue weighted by atomic mass is 32.1. The highest BCUT2D eigenvalue weighted by Gasteiger charge is 2.17. The number of nitrogens with one attached hydrogen (secondary N) is 1. The molecule has 3 aromatic rings. The van der Waals surface area contributed by atoms with E-state index in [2.05, 4.69) is 10.3 Å². The minimum Gasteiger partial charge on any atom is -0.387 e. The lowest BCUT2D eigenvalue weighted by Gasteiger charge is -2.21. The first kappa shape index (κ1) is 18.7. The summed E-state index contributed by atoms with van der Waals surface area (Å²) < 4.78 is 0. The summed E-state index contributed by atoms with van der Waals surface area (Å²) in [6, 6.07) is 19.5. The molecule has 3 unspecified atom stereocenters. The van der Waals surface area contributed by atoms with Gasteiger partial charge in [-0.2, -0.15) is 0 Å². The zero-order valence-electron chi connectivity index (χ0n) is 14.7. The van der Waals surface area contributed by atoms with Crippen LogP contribution in [0.4, 0.5) is 0 Å². The number of aliphatic hydroxyl groups excluding tert-OH is 2. The second kappa shape index (κ2) is 9.05. The van der Waals surface area contributed by atoms with Crippen molar-refractivity contribution in [3.8, 4) is 11.3 Å². The minimum absolute atomic E-state index is 0.0965. The Balaban J connectivity index is 1.50. The zero-order chi connectivity index (χ0) is 18.4. The Morgan fingerprint density at radius 3 is 2.35 bits per heavy atom. The van der Waals surface area contributed by atoms with Crippen LogP contribution in [-0.2, 0) is 0 Å². The lowest BCUT2D eigenvalue weighted by molar-refractivity contribution is 0.127. The van der Waals surface area contributed by atoms with Crippen molar-refractivity contribution in [2.24, 2.45) is 0 Å². The molecule has 136 valence electrons. The third-order valence-electron chi connectivity index (χ3n) is 4.38. The van der Waals surface area contributed by atoms with Crippen LogP contribution >= 0.6 is 11.3 Å². The molecule has 0 bridgehead atoms. The second-order valence-electron chi connectivity index (χ2n) is 6.34. The molecule has 26 heavy (non-hydrogen) atoms. The molecule has 2 aromatic carbocycles. The van der Waals surface area contributed by atoms with Gasteiger partial charge in [0.1, 0.15) is 11.1 Å². The number of nitrogens with zero attached hydrogens (tertiary/aromatic N) is 1. The van der Waals surface area contributed by atoms with Gasteiger partial charge in [-0.05, 0) is 25.5 Å². The number of aromatic nitrogens is 1. The Morgan fingerprint density at radius 2 is 1.65 bits per heavy atom. The maximum absolute atomic E-state index is 10.4. The molecule has 3 rings (SSSR count). The molecule has 4 nitrogen and oxygen atoms in total. The summed E-state index contributed by atoms with van der Waals surface area (Å²) >= 11 is 1.48. The van der Waals surface area contributed by atoms with Gasteiger partial charge >= 0.3 is 0 Å². The summed E-state index contributed by atoms with van der Waals surface area (Å²) in [5.41, 5.74) is 2.84. The average molecular weight is 369 g/mol. The molecular formula is C21H24N2O2S. The molecule has 0 amide bonds. The quantitative estimate of drug-likeness (QED) is 0.563. The van der Waals surface area contributed by atoms with E-state index in [0.29, 0.717) is 13.0 Å². The molecule has 1 heterocycles. The molecule has 3 atom stereocenters. The summed E-state index contributed by atoms with van der Waals surface area (Å²) in [6.07, 6.45) is -0.628. The Labute approximate surface area is 158 Å². The van der Waals surface area contributed by atoms with Crippen molar-refractivity contribution in [3.63, 3.8) is 0 Å². The molecule has 3 N–H and O–H groups in total. The average Bonchev–Trinajstić information content (AvgIpc) is 3.19. The summed E-state index contributed by atoms with van der Waals surface area (Å²) in [5.74, 6) is 0. The molecule has 0 radical (unpaired) electrons. The topological polar surface area (TPSA) is 65.4 Å². The third kappa shape index (κ3) is 4.77. The van der Waals surface area contributed by atoms with Crippen molar-refractivity contribution < 1.29 is 10.2 Å². The molecule has 0 saturated heterocycles. The smallest absolute Gasteiger partial charge is 0.122 e. The fourth-order valence-electron chi connectivity index (χ4n) is 2.80. The van der Waals surface area contributed by atoms with E-state index in [4.69, 9.17) is 0 Å². The van der Waals surface area contributed by atoms with Crippen LogP contribution < -0.4 is 5.32 Å². The maximum atomic E-state index is 10.4. The van der Waals surface area contributed by atoms with E-state index in [0.717, 1.165) is 21.8 Å². The van der Waals surface area contributed by atoms with Gasteiger partial charge in [-0.3, -0.25) is 0 Å². The number of thiazole rings is 1. The molecule has 0 spiro atoms. The number of benzene rings is 2. The van der Waals surface area contributed by atoms with Crippen molar-refractivity contribution in [1.29, 1.82) is 0 Å². The SMILES string of the molecule is CC(NCCC(O)c1nc(-c2ccccc2)cs1)C(O)c1ccccc1. The van der Waals surface area contributed by atoms with Crippen LogP contribution in [0, 0.1) is 0 Å². The van der Waals surface area contributed by atoms with Crippen LogP contribution in [0.1, 0.15) is 36.1 Å². The number of aliphatic hydroxyl groups is 2. The highest BCUT2D eigenvalue weighted by Crippen LogP contribution is 2.26. The van der Waals surface area contributed by atoms with E-state index in [1.807, 2.05) is 73.0 Å². The van der Waals surface area contributed by atoms with Crippen molar-refractivity contribution in [2.75, 3.05) is 6.54 Å². The standard InChI is InChI=1S/C21H24N2O2S/c1-15(20(25)17-10-6-3-7-11-17)22-13-12-19(24)21-23-18(14-26-21)16-8-4-2-5-9-16/h2-11,14-15,19-20,22,24-25H,12-13H2,1H3. The monoisotopic (exact) mass is 368 g/mol. The van der Waals surface area contributed by atoms with Crippen molar-refractivity contribution in [3.05, 3.63) is 76.6 Å². The van der Waals surface area contributed by atoms with Gasteiger partial charge in [0.25, 0.3) is 0 Å². The van der Waals surface area contributed by atoms with E-state index in [9.17, 15) is 10.2 Å². The molecule has 0 aliphatic heterocycles. The predicted molar refractivity (Wildman–Crippen MR) is 106 cm³/mol. The summed E-state index contributed by atoms with van der Waals surface area (Å²) in [5, 5.41) is 26.7. The third-order valence-corrected chi connectivity index (χ3v) is 5.32. The van der Waals surface area contributed by atoms with Crippen molar-refractivity contribution in [2.45, 2.75) is 31.6 Å². The van der Waals surface area contributed by atoms with Crippen LogP contribution in [0.2, 0.25) is 0 Å². The fraction of sp³-hybridized carbons (Fsp3) is 0.286. The van der Waals surface area contributed by atoms with Gasteiger partial charge in [-0.1, -0.05) is 60.7 Å². The van der Waals surface area contributed by atoms with Crippen LogP contribution in [0.3, 0.4) is 0 Å². The molecule has 1 aromatic heterocycles. The lowest BCUT2D eigenvalue weighted by atomic mass is 10.0. The Hall–Kier alpha value is -2.05. The van der Waals surface area contributed by atoms with E-state index < -0.39 is 12.2 Å². The van der Waals surface area contributed by atoms with Gasteiger partial charge in [0, 0.05) is 17.0 Å². The van der Waals surface area contributed by atoms with Gasteiger partial charge in [0.2, 0.25) is 0 Å². The first-order valence-electron chi connectivity index (χ1n) is 8.80. The molecule has 0 aliphatic rings. The van der Waals surface area contributed by atoms with Crippen molar-refractivity contribution >= 4 is 11.3 Å². The molecule has 0 aliphatic carbocycles. The van der Waals surface area contributed by atoms with Gasteiger partial charge in [0.15, 0.2) is 0 Å². The van der Waals surface area contributed by atoms with E-state index in [1.54, 1.807) is 0 Å². The fourth-order valence-corrected chi connectivity index (χ4v) is 3.65. The first-order chi connectivity index (χ1) is 12.6. The van der Waals surface area contributed by atoms with Crippen LogP contribution in [0.25, 0.3) is 11.3 Å². The molecule has 0 saturated carbocycles. The second-order valence-corrected chi connectivity index (χ2v) is 7.23. The number of hydrogen-bond acceptors (Lipinski definition) is 5. The maximum Gasteiger partial charge on any atom is 0.122 e. The normalized spacial score (nSPS) is 14.7. The van der Waals surface area contributed by atoms with Crippen LogP contribution in [-0.4, -0.2) is 27.8 Å². The minimum atomic E-state index is -0.606. The molecule has 5 heteroatoms.